The average molecular weight is 323 g/mol. The van der Waals surface area contributed by atoms with Crippen molar-refractivity contribution in [2.45, 2.75) is 38.1 Å². The molecule has 1 aromatic carbocycles. The summed E-state index contributed by atoms with van der Waals surface area (Å²) in [6.07, 6.45) is 6.36. The van der Waals surface area contributed by atoms with Crippen molar-refractivity contribution in [1.82, 2.24) is 4.90 Å². The number of fused-ring (bicyclic) bond motifs is 1. The van der Waals surface area contributed by atoms with Crippen LogP contribution in [0.4, 0.5) is 0 Å². The summed E-state index contributed by atoms with van der Waals surface area (Å²) in [6, 6.07) is 7.54. The molecule has 19 heavy (non-hydrogen) atoms. The molecule has 2 N–H and O–H groups in total. The van der Waals surface area contributed by atoms with Gasteiger partial charge in [-0.15, -0.1) is 0 Å². The molecule has 3 heteroatoms. The van der Waals surface area contributed by atoms with Crippen molar-refractivity contribution in [2.24, 2.45) is 11.7 Å². The lowest BCUT2D eigenvalue weighted by molar-refractivity contribution is 0.124. The number of piperidine rings is 1. The monoisotopic (exact) mass is 322 g/mol. The number of aryl methyl sites for hydroxylation is 1. The maximum Gasteiger partial charge on any atom is 0.0178 e. The first-order valence-electron chi connectivity index (χ1n) is 7.47. The molecular formula is C16H23BrN2. The number of nitrogens with two attached hydrogens (primary N) is 1. The second-order valence-electron chi connectivity index (χ2n) is 6.02. The molecule has 1 fully saturated rings. The van der Waals surface area contributed by atoms with Crippen LogP contribution in [0.15, 0.2) is 22.7 Å². The topological polar surface area (TPSA) is 29.3 Å². The maximum absolute atomic E-state index is 5.78. The Kier molecular flexibility index (Phi) is 4.25. The molecule has 104 valence electrons. The minimum absolute atomic E-state index is 0.757. The Labute approximate surface area is 124 Å². The molecule has 1 heterocycles. The van der Waals surface area contributed by atoms with Gasteiger partial charge in [-0.25, -0.2) is 0 Å². The number of hydrogen-bond donors (Lipinski definition) is 1. The number of benzene rings is 1. The molecule has 3 rings (SSSR count). The fraction of sp³-hybridized carbons (Fsp3) is 0.625. The third-order valence-corrected chi connectivity index (χ3v) is 5.36. The van der Waals surface area contributed by atoms with Crippen LogP contribution in [0.2, 0.25) is 0 Å². The predicted molar refractivity (Wildman–Crippen MR) is 83.3 cm³/mol. The van der Waals surface area contributed by atoms with E-state index in [1.165, 1.54) is 49.7 Å². The van der Waals surface area contributed by atoms with Gasteiger partial charge in [0.1, 0.15) is 0 Å². The molecule has 0 spiro atoms. The van der Waals surface area contributed by atoms with Gasteiger partial charge in [0.05, 0.1) is 0 Å². The fourth-order valence-electron chi connectivity index (χ4n) is 3.57. The van der Waals surface area contributed by atoms with Gasteiger partial charge in [0.2, 0.25) is 0 Å². The lowest BCUT2D eigenvalue weighted by Crippen LogP contribution is -2.45. The van der Waals surface area contributed by atoms with E-state index in [4.69, 9.17) is 5.73 Å². The highest BCUT2D eigenvalue weighted by molar-refractivity contribution is 9.10. The molecule has 0 aromatic heterocycles. The lowest BCUT2D eigenvalue weighted by atomic mass is 9.86. The highest BCUT2D eigenvalue weighted by Gasteiger charge is 2.27. The molecule has 0 amide bonds. The SMILES string of the molecule is NCC1CCN(C2CCc3cc(Br)ccc3C2)CC1. The Morgan fingerprint density at radius 2 is 1.95 bits per heavy atom. The predicted octanol–water partition coefficient (Wildman–Crippen LogP) is 2.98. The van der Waals surface area contributed by atoms with Gasteiger partial charge in [0.15, 0.2) is 0 Å². The Balaban J connectivity index is 1.64. The summed E-state index contributed by atoms with van der Waals surface area (Å²) in [5.74, 6) is 0.767. The highest BCUT2D eigenvalue weighted by atomic mass is 79.9. The zero-order valence-electron chi connectivity index (χ0n) is 11.4. The van der Waals surface area contributed by atoms with Crippen LogP contribution in [-0.2, 0) is 12.8 Å². The Hall–Kier alpha value is -0.380. The summed E-state index contributed by atoms with van der Waals surface area (Å²) in [6.45, 7) is 3.37. The molecule has 1 aliphatic carbocycles. The van der Waals surface area contributed by atoms with Gasteiger partial charge in [-0.05, 0) is 80.9 Å². The van der Waals surface area contributed by atoms with Crippen molar-refractivity contribution in [3.63, 3.8) is 0 Å². The molecule has 1 saturated heterocycles. The average Bonchev–Trinajstić information content (AvgIpc) is 2.47. The van der Waals surface area contributed by atoms with E-state index < -0.39 is 0 Å². The van der Waals surface area contributed by atoms with Gasteiger partial charge in [-0.3, -0.25) is 0 Å². The van der Waals surface area contributed by atoms with E-state index in [2.05, 4.69) is 39.0 Å². The molecule has 2 nitrogen and oxygen atoms in total. The van der Waals surface area contributed by atoms with Crippen LogP contribution in [0, 0.1) is 5.92 Å². The molecule has 2 aliphatic rings. The molecular weight excluding hydrogens is 300 g/mol. The first kappa shape index (κ1) is 13.6. The Morgan fingerprint density at radius 1 is 1.16 bits per heavy atom. The van der Waals surface area contributed by atoms with Crippen molar-refractivity contribution in [1.29, 1.82) is 0 Å². The van der Waals surface area contributed by atoms with Gasteiger partial charge in [-0.1, -0.05) is 22.0 Å². The summed E-state index contributed by atoms with van der Waals surface area (Å²) in [4.78, 5) is 2.71. The van der Waals surface area contributed by atoms with Crippen molar-refractivity contribution in [3.8, 4) is 0 Å². The van der Waals surface area contributed by atoms with E-state index in [0.717, 1.165) is 18.5 Å². The molecule has 1 atom stereocenters. The van der Waals surface area contributed by atoms with Crippen LogP contribution in [0.1, 0.15) is 30.4 Å². The summed E-state index contributed by atoms with van der Waals surface area (Å²) in [7, 11) is 0. The van der Waals surface area contributed by atoms with Gasteiger partial charge in [0.25, 0.3) is 0 Å². The minimum Gasteiger partial charge on any atom is -0.330 e. The summed E-state index contributed by atoms with van der Waals surface area (Å²) in [5, 5.41) is 0. The van der Waals surface area contributed by atoms with Crippen molar-refractivity contribution < 1.29 is 0 Å². The van der Waals surface area contributed by atoms with Gasteiger partial charge < -0.3 is 10.6 Å². The third kappa shape index (κ3) is 3.04. The van der Waals surface area contributed by atoms with E-state index in [-0.39, 0.29) is 0 Å². The molecule has 1 aliphatic heterocycles. The molecule has 0 bridgehead atoms. The van der Waals surface area contributed by atoms with Crippen molar-refractivity contribution >= 4 is 15.9 Å². The summed E-state index contributed by atoms with van der Waals surface area (Å²) < 4.78 is 1.22. The quantitative estimate of drug-likeness (QED) is 0.907. The highest BCUT2D eigenvalue weighted by Crippen LogP contribution is 2.29. The first-order chi connectivity index (χ1) is 9.26. The van der Waals surface area contributed by atoms with E-state index in [1.54, 1.807) is 11.1 Å². The maximum atomic E-state index is 5.78. The van der Waals surface area contributed by atoms with Gasteiger partial charge in [0, 0.05) is 10.5 Å². The fourth-order valence-corrected chi connectivity index (χ4v) is 3.98. The lowest BCUT2D eigenvalue weighted by Gasteiger charge is -2.39. The van der Waals surface area contributed by atoms with Crippen LogP contribution < -0.4 is 5.73 Å². The normalized spacial score (nSPS) is 25.3. The zero-order valence-corrected chi connectivity index (χ0v) is 13.0. The van der Waals surface area contributed by atoms with Gasteiger partial charge in [-0.2, -0.15) is 0 Å². The molecule has 1 unspecified atom stereocenters. The van der Waals surface area contributed by atoms with Crippen LogP contribution >= 0.6 is 15.9 Å². The number of likely N-dealkylation sites (tertiary alicyclic amines) is 1. The number of halogens is 1. The molecule has 0 saturated carbocycles. The van der Waals surface area contributed by atoms with Crippen LogP contribution in [-0.4, -0.2) is 30.6 Å². The van der Waals surface area contributed by atoms with E-state index in [9.17, 15) is 0 Å². The van der Waals surface area contributed by atoms with Gasteiger partial charge >= 0.3 is 0 Å². The number of hydrogen-bond acceptors (Lipinski definition) is 2. The molecule has 1 aromatic rings. The van der Waals surface area contributed by atoms with Crippen molar-refractivity contribution in [3.05, 3.63) is 33.8 Å². The second kappa shape index (κ2) is 5.94. The summed E-state index contributed by atoms with van der Waals surface area (Å²) in [5.41, 5.74) is 8.88. The smallest absolute Gasteiger partial charge is 0.0178 e. The third-order valence-electron chi connectivity index (χ3n) is 4.87. The Bertz CT molecular complexity index is 438. The largest absolute Gasteiger partial charge is 0.330 e. The standard InChI is InChI=1S/C16H23BrN2/c17-15-3-1-14-10-16(4-2-13(14)9-15)19-7-5-12(11-18)6-8-19/h1,3,9,12,16H,2,4-8,10-11,18H2. The van der Waals surface area contributed by atoms with E-state index in [0.29, 0.717) is 0 Å². The van der Waals surface area contributed by atoms with Crippen molar-refractivity contribution in [2.75, 3.05) is 19.6 Å². The minimum atomic E-state index is 0.757. The second-order valence-corrected chi connectivity index (χ2v) is 6.94. The Morgan fingerprint density at radius 3 is 2.68 bits per heavy atom. The zero-order chi connectivity index (χ0) is 13.2. The van der Waals surface area contributed by atoms with Crippen LogP contribution in [0.25, 0.3) is 0 Å². The number of rotatable bonds is 2. The first-order valence-corrected chi connectivity index (χ1v) is 8.27. The van der Waals surface area contributed by atoms with Crippen LogP contribution in [0.3, 0.4) is 0 Å². The van der Waals surface area contributed by atoms with Crippen LogP contribution in [0.5, 0.6) is 0 Å². The van der Waals surface area contributed by atoms with E-state index in [1.807, 2.05) is 0 Å². The molecule has 0 radical (unpaired) electrons. The number of nitrogens with zero attached hydrogens (tertiary/aromatic N) is 1. The summed E-state index contributed by atoms with van der Waals surface area (Å²) >= 11 is 3.57. The van der Waals surface area contributed by atoms with E-state index >= 15 is 0 Å².